The van der Waals surface area contributed by atoms with Crippen molar-refractivity contribution in [1.82, 2.24) is 19.7 Å². The molecule has 1 aliphatic carbocycles. The summed E-state index contributed by atoms with van der Waals surface area (Å²) in [6.07, 6.45) is 9.00. The van der Waals surface area contributed by atoms with E-state index in [0.717, 1.165) is 48.1 Å². The summed E-state index contributed by atoms with van der Waals surface area (Å²) in [4.78, 5) is 21.5. The third-order valence-electron chi connectivity index (χ3n) is 6.49. The first-order chi connectivity index (χ1) is 16.0. The zero-order chi connectivity index (χ0) is 23.0. The van der Waals surface area contributed by atoms with Crippen molar-refractivity contribution in [3.63, 3.8) is 0 Å². The molecule has 2 N–H and O–H groups in total. The van der Waals surface area contributed by atoms with Gasteiger partial charge in [0.2, 0.25) is 0 Å². The number of hydrogen-bond donors (Lipinski definition) is 1. The van der Waals surface area contributed by atoms with Crippen LogP contribution in [0, 0.1) is 0 Å². The van der Waals surface area contributed by atoms with Gasteiger partial charge in [0.1, 0.15) is 11.4 Å². The third kappa shape index (κ3) is 4.12. The van der Waals surface area contributed by atoms with Crippen molar-refractivity contribution in [1.29, 1.82) is 0 Å². The Bertz CT molecular complexity index is 1350. The first-order valence-electron chi connectivity index (χ1n) is 11.4. The van der Waals surface area contributed by atoms with Crippen molar-refractivity contribution in [3.8, 4) is 34.0 Å². The molecule has 0 bridgehead atoms. The van der Waals surface area contributed by atoms with Gasteiger partial charge in [-0.2, -0.15) is 0 Å². The van der Waals surface area contributed by atoms with Crippen LogP contribution in [0.15, 0.2) is 70.4 Å². The molecule has 7 nitrogen and oxygen atoms in total. The molecule has 0 spiro atoms. The van der Waals surface area contributed by atoms with E-state index < -0.39 is 0 Å². The number of pyridine rings is 1. The number of rotatable bonds is 7. The van der Waals surface area contributed by atoms with E-state index in [4.69, 9.17) is 15.2 Å². The van der Waals surface area contributed by atoms with Crippen molar-refractivity contribution < 1.29 is 4.52 Å². The van der Waals surface area contributed by atoms with Crippen LogP contribution >= 0.6 is 0 Å². The van der Waals surface area contributed by atoms with Crippen molar-refractivity contribution in [3.05, 3.63) is 77.0 Å². The zero-order valence-corrected chi connectivity index (χ0v) is 18.9. The normalized spacial score (nSPS) is 14.5. The van der Waals surface area contributed by atoms with E-state index in [0.29, 0.717) is 17.1 Å². The predicted octanol–water partition coefficient (Wildman–Crippen LogP) is 4.94. The second kappa shape index (κ2) is 8.41. The largest absolute Gasteiger partial charge is 0.354 e. The van der Waals surface area contributed by atoms with Crippen molar-refractivity contribution in [2.24, 2.45) is 5.73 Å². The molecular formula is C26H27N5O2. The SMILES string of the molecule is CCC(CC)n1cc(-c2cncc(-c3cc(-c4cccc(C5(N)CC5)c4)no3)n2)ccc1=O. The average Bonchev–Trinajstić information content (AvgIpc) is 3.41. The summed E-state index contributed by atoms with van der Waals surface area (Å²) in [7, 11) is 0. The molecule has 1 saturated carbocycles. The second-order valence-corrected chi connectivity index (χ2v) is 8.74. The van der Waals surface area contributed by atoms with Crippen LogP contribution in [0.4, 0.5) is 0 Å². The number of hydrogen-bond acceptors (Lipinski definition) is 6. The number of benzene rings is 1. The summed E-state index contributed by atoms with van der Waals surface area (Å²) in [5, 5.41) is 4.25. The topological polar surface area (TPSA) is 99.8 Å². The standard InChI is InChI=1S/C26H27N5O2/c1-3-20(4-2)31-16-18(8-9-25(31)32)22-14-28-15-23(29-22)24-13-21(30-33-24)17-6-5-7-19(12-17)26(27)10-11-26/h5-9,12-16,20H,3-4,10-11,27H2,1-2H3. The van der Waals surface area contributed by atoms with Gasteiger partial charge in [0.15, 0.2) is 5.76 Å². The summed E-state index contributed by atoms with van der Waals surface area (Å²) in [5.41, 5.74) is 11.0. The molecular weight excluding hydrogens is 414 g/mol. The molecule has 33 heavy (non-hydrogen) atoms. The van der Waals surface area contributed by atoms with E-state index in [-0.39, 0.29) is 17.1 Å². The van der Waals surface area contributed by atoms with Crippen LogP contribution in [0.5, 0.6) is 0 Å². The van der Waals surface area contributed by atoms with Gasteiger partial charge in [0, 0.05) is 41.0 Å². The Kier molecular flexibility index (Phi) is 5.42. The molecule has 3 aromatic heterocycles. The monoisotopic (exact) mass is 441 g/mol. The highest BCUT2D eigenvalue weighted by Crippen LogP contribution is 2.43. The first-order valence-corrected chi connectivity index (χ1v) is 11.4. The Labute approximate surface area is 192 Å². The lowest BCUT2D eigenvalue weighted by Gasteiger charge is -2.17. The number of nitrogens with zero attached hydrogens (tertiary/aromatic N) is 4. The molecule has 0 radical (unpaired) electrons. The van der Waals surface area contributed by atoms with Gasteiger partial charge in [-0.1, -0.05) is 37.2 Å². The molecule has 0 aliphatic heterocycles. The van der Waals surface area contributed by atoms with Crippen molar-refractivity contribution in [2.45, 2.75) is 51.1 Å². The third-order valence-corrected chi connectivity index (χ3v) is 6.49. The quantitative estimate of drug-likeness (QED) is 0.436. The van der Waals surface area contributed by atoms with Crippen molar-refractivity contribution >= 4 is 0 Å². The van der Waals surface area contributed by atoms with Gasteiger partial charge in [-0.15, -0.1) is 0 Å². The van der Waals surface area contributed by atoms with Crippen LogP contribution in [0.25, 0.3) is 34.0 Å². The van der Waals surface area contributed by atoms with E-state index in [2.05, 4.69) is 36.1 Å². The maximum Gasteiger partial charge on any atom is 0.250 e. The fourth-order valence-corrected chi connectivity index (χ4v) is 4.19. The fraction of sp³-hybridized carbons (Fsp3) is 0.308. The van der Waals surface area contributed by atoms with Crippen LogP contribution in [0.1, 0.15) is 51.1 Å². The Hall–Kier alpha value is -3.58. The number of aromatic nitrogens is 4. The van der Waals surface area contributed by atoms with Crippen LogP contribution in [0.2, 0.25) is 0 Å². The summed E-state index contributed by atoms with van der Waals surface area (Å²) < 4.78 is 7.40. The Morgan fingerprint density at radius 1 is 1.03 bits per heavy atom. The summed E-state index contributed by atoms with van der Waals surface area (Å²) in [6.45, 7) is 4.17. The Balaban J connectivity index is 1.46. The van der Waals surface area contributed by atoms with Gasteiger partial charge in [-0.05, 0) is 43.4 Å². The average molecular weight is 442 g/mol. The molecule has 1 aliphatic rings. The van der Waals surface area contributed by atoms with Crippen LogP contribution < -0.4 is 11.3 Å². The first kappa shape index (κ1) is 21.3. The summed E-state index contributed by atoms with van der Waals surface area (Å²) in [6, 6.07) is 13.5. The molecule has 1 aromatic carbocycles. The Morgan fingerprint density at radius 3 is 2.58 bits per heavy atom. The minimum atomic E-state index is -0.201. The van der Waals surface area contributed by atoms with E-state index in [1.165, 1.54) is 0 Å². The minimum Gasteiger partial charge on any atom is -0.354 e. The summed E-state index contributed by atoms with van der Waals surface area (Å²) >= 11 is 0. The second-order valence-electron chi connectivity index (χ2n) is 8.74. The lowest BCUT2D eigenvalue weighted by molar-refractivity contribution is 0.433. The Morgan fingerprint density at radius 2 is 1.82 bits per heavy atom. The predicted molar refractivity (Wildman–Crippen MR) is 127 cm³/mol. The highest BCUT2D eigenvalue weighted by molar-refractivity contribution is 5.67. The van der Waals surface area contributed by atoms with Crippen molar-refractivity contribution in [2.75, 3.05) is 0 Å². The lowest BCUT2D eigenvalue weighted by atomic mass is 10.0. The molecule has 1 fully saturated rings. The minimum absolute atomic E-state index is 0.0101. The fourth-order valence-electron chi connectivity index (χ4n) is 4.19. The van der Waals surface area contributed by atoms with Gasteiger partial charge in [-0.25, -0.2) is 4.98 Å². The van der Waals surface area contributed by atoms with Crippen LogP contribution in [-0.4, -0.2) is 19.7 Å². The van der Waals surface area contributed by atoms with Gasteiger partial charge in [0.05, 0.1) is 18.1 Å². The van der Waals surface area contributed by atoms with Gasteiger partial charge < -0.3 is 14.8 Å². The van der Waals surface area contributed by atoms with Gasteiger partial charge >= 0.3 is 0 Å². The molecule has 3 heterocycles. The van der Waals surface area contributed by atoms with E-state index in [9.17, 15) is 4.79 Å². The summed E-state index contributed by atoms with van der Waals surface area (Å²) in [5.74, 6) is 0.534. The molecule has 0 atom stereocenters. The molecule has 4 aromatic rings. The van der Waals surface area contributed by atoms with E-state index in [1.54, 1.807) is 29.1 Å². The molecule has 0 saturated heterocycles. The lowest BCUT2D eigenvalue weighted by Crippen LogP contribution is -2.23. The zero-order valence-electron chi connectivity index (χ0n) is 18.9. The molecule has 0 unspecified atom stereocenters. The maximum absolute atomic E-state index is 12.4. The molecule has 7 heteroatoms. The number of nitrogens with two attached hydrogens (primary N) is 1. The van der Waals surface area contributed by atoms with Crippen LogP contribution in [0.3, 0.4) is 0 Å². The van der Waals surface area contributed by atoms with E-state index >= 15 is 0 Å². The highest BCUT2D eigenvalue weighted by Gasteiger charge is 2.40. The van der Waals surface area contributed by atoms with E-state index in [1.807, 2.05) is 24.4 Å². The van der Waals surface area contributed by atoms with Crippen LogP contribution in [-0.2, 0) is 5.54 Å². The molecule has 168 valence electrons. The van der Waals surface area contributed by atoms with Gasteiger partial charge in [-0.3, -0.25) is 9.78 Å². The highest BCUT2D eigenvalue weighted by atomic mass is 16.5. The molecule has 0 amide bonds. The van der Waals surface area contributed by atoms with Gasteiger partial charge in [0.25, 0.3) is 5.56 Å². The maximum atomic E-state index is 12.4. The smallest absolute Gasteiger partial charge is 0.250 e. The molecule has 5 rings (SSSR count).